The number of nitrogens with zero attached hydrogens (tertiary/aromatic N) is 5. The highest BCUT2D eigenvalue weighted by atomic mass is 16.3. The Hall–Kier alpha value is -2.94. The molecule has 0 spiro atoms. The Labute approximate surface area is 151 Å². The minimum Gasteiger partial charge on any atom is -0.386 e. The van der Waals surface area contributed by atoms with Gasteiger partial charge in [-0.25, -0.2) is 4.98 Å². The highest BCUT2D eigenvalue weighted by Crippen LogP contribution is 2.25. The fourth-order valence-electron chi connectivity index (χ4n) is 2.93. The van der Waals surface area contributed by atoms with Crippen LogP contribution in [0, 0.1) is 0 Å². The Balaban J connectivity index is 1.79. The van der Waals surface area contributed by atoms with Gasteiger partial charge in [-0.2, -0.15) is 5.10 Å². The van der Waals surface area contributed by atoms with Crippen LogP contribution in [0.25, 0.3) is 0 Å². The molecule has 3 heterocycles. The minimum absolute atomic E-state index is 0.0147. The van der Waals surface area contributed by atoms with Crippen molar-refractivity contribution in [2.24, 2.45) is 5.73 Å². The van der Waals surface area contributed by atoms with Crippen LogP contribution in [0.1, 0.15) is 34.3 Å². The first-order chi connectivity index (χ1) is 12.4. The Morgan fingerprint density at radius 2 is 2.15 bits per heavy atom. The summed E-state index contributed by atoms with van der Waals surface area (Å²) >= 11 is 0. The standard InChI is InChI=1S/C17H22N6O3/c1-21(2)15(25)9-14(24)13-8-11-10-22(6-7-23(11)20-13)17-12(16(18)26)4-3-5-19-17/h3-5,8,14,24H,6-7,9-10H2,1-2H3,(H2,18,26)/t14-/m0/s1. The van der Waals surface area contributed by atoms with E-state index in [1.807, 2.05) is 9.58 Å². The summed E-state index contributed by atoms with van der Waals surface area (Å²) in [4.78, 5) is 31.1. The average Bonchev–Trinajstić information content (AvgIpc) is 3.04. The molecule has 2 aromatic heterocycles. The van der Waals surface area contributed by atoms with E-state index in [2.05, 4.69) is 10.1 Å². The van der Waals surface area contributed by atoms with Crippen molar-refractivity contribution in [1.82, 2.24) is 19.7 Å². The summed E-state index contributed by atoms with van der Waals surface area (Å²) in [6, 6.07) is 5.11. The molecule has 2 amide bonds. The van der Waals surface area contributed by atoms with Gasteiger partial charge in [0.1, 0.15) is 11.9 Å². The first-order valence-electron chi connectivity index (χ1n) is 8.31. The molecule has 3 N–H and O–H groups in total. The topological polar surface area (TPSA) is 118 Å². The van der Waals surface area contributed by atoms with Crippen LogP contribution in [0.5, 0.6) is 0 Å². The predicted molar refractivity (Wildman–Crippen MR) is 94.3 cm³/mol. The third kappa shape index (κ3) is 3.52. The second-order valence-electron chi connectivity index (χ2n) is 6.45. The molecule has 3 rings (SSSR count). The number of hydrogen-bond donors (Lipinski definition) is 2. The van der Waals surface area contributed by atoms with Crippen molar-refractivity contribution in [2.75, 3.05) is 25.5 Å². The number of rotatable bonds is 5. The van der Waals surface area contributed by atoms with E-state index in [9.17, 15) is 14.7 Å². The summed E-state index contributed by atoms with van der Waals surface area (Å²) in [7, 11) is 3.29. The molecule has 0 unspecified atom stereocenters. The van der Waals surface area contributed by atoms with Crippen molar-refractivity contribution >= 4 is 17.6 Å². The van der Waals surface area contributed by atoms with Crippen molar-refractivity contribution < 1.29 is 14.7 Å². The maximum Gasteiger partial charge on any atom is 0.252 e. The van der Waals surface area contributed by atoms with Gasteiger partial charge in [0.15, 0.2) is 0 Å². The Bertz CT molecular complexity index is 832. The van der Waals surface area contributed by atoms with E-state index >= 15 is 0 Å². The van der Waals surface area contributed by atoms with Gasteiger partial charge in [0, 0.05) is 26.8 Å². The van der Waals surface area contributed by atoms with Crippen LogP contribution in [-0.4, -0.2) is 57.2 Å². The zero-order valence-electron chi connectivity index (χ0n) is 14.8. The number of aliphatic hydroxyl groups is 1. The lowest BCUT2D eigenvalue weighted by atomic mass is 10.1. The Morgan fingerprint density at radius 3 is 2.85 bits per heavy atom. The molecule has 0 saturated heterocycles. The van der Waals surface area contributed by atoms with Gasteiger partial charge in [-0.3, -0.25) is 14.3 Å². The monoisotopic (exact) mass is 358 g/mol. The zero-order valence-corrected chi connectivity index (χ0v) is 14.8. The number of fused-ring (bicyclic) bond motifs is 1. The molecular formula is C17H22N6O3. The van der Waals surface area contributed by atoms with Gasteiger partial charge in [0.25, 0.3) is 5.91 Å². The van der Waals surface area contributed by atoms with Crippen LogP contribution >= 0.6 is 0 Å². The second-order valence-corrected chi connectivity index (χ2v) is 6.45. The summed E-state index contributed by atoms with van der Waals surface area (Å²) < 4.78 is 1.81. The van der Waals surface area contributed by atoms with Gasteiger partial charge in [-0.05, 0) is 18.2 Å². The van der Waals surface area contributed by atoms with E-state index in [0.29, 0.717) is 36.7 Å². The molecule has 1 atom stereocenters. The quantitative estimate of drug-likeness (QED) is 0.771. The number of primary amides is 1. The van der Waals surface area contributed by atoms with E-state index in [-0.39, 0.29) is 12.3 Å². The smallest absolute Gasteiger partial charge is 0.252 e. The maximum atomic E-state index is 11.8. The molecule has 0 fully saturated rings. The number of pyridine rings is 1. The number of aliphatic hydroxyl groups excluding tert-OH is 1. The number of carbonyl (C=O) groups is 2. The molecular weight excluding hydrogens is 336 g/mol. The molecule has 0 aliphatic carbocycles. The SMILES string of the molecule is CN(C)C(=O)C[C@H](O)c1cc2n(n1)CCN(c1ncccc1C(N)=O)C2. The molecule has 0 bridgehead atoms. The largest absolute Gasteiger partial charge is 0.386 e. The van der Waals surface area contributed by atoms with Gasteiger partial charge in [-0.1, -0.05) is 0 Å². The minimum atomic E-state index is -0.951. The molecule has 1 aliphatic heterocycles. The van der Waals surface area contributed by atoms with Crippen LogP contribution in [0.2, 0.25) is 0 Å². The van der Waals surface area contributed by atoms with Crippen molar-refractivity contribution in [3.05, 3.63) is 41.3 Å². The van der Waals surface area contributed by atoms with Crippen molar-refractivity contribution in [2.45, 2.75) is 25.6 Å². The third-order valence-corrected chi connectivity index (χ3v) is 4.38. The van der Waals surface area contributed by atoms with Crippen LogP contribution in [0.3, 0.4) is 0 Å². The molecule has 26 heavy (non-hydrogen) atoms. The second kappa shape index (κ2) is 7.12. The maximum absolute atomic E-state index is 11.8. The van der Waals surface area contributed by atoms with E-state index in [1.54, 1.807) is 38.5 Å². The van der Waals surface area contributed by atoms with Gasteiger partial charge < -0.3 is 20.6 Å². The lowest BCUT2D eigenvalue weighted by Gasteiger charge is -2.29. The van der Waals surface area contributed by atoms with Crippen molar-refractivity contribution in [1.29, 1.82) is 0 Å². The van der Waals surface area contributed by atoms with Gasteiger partial charge >= 0.3 is 0 Å². The summed E-state index contributed by atoms with van der Waals surface area (Å²) in [6.07, 6.45) is 0.655. The van der Waals surface area contributed by atoms with Crippen LogP contribution < -0.4 is 10.6 Å². The first-order valence-corrected chi connectivity index (χ1v) is 8.31. The third-order valence-electron chi connectivity index (χ3n) is 4.38. The molecule has 138 valence electrons. The van der Waals surface area contributed by atoms with Crippen LogP contribution in [-0.2, 0) is 17.9 Å². The zero-order chi connectivity index (χ0) is 18.8. The van der Waals surface area contributed by atoms with Crippen LogP contribution in [0.4, 0.5) is 5.82 Å². The Kier molecular flexibility index (Phi) is 4.90. The molecule has 9 nitrogen and oxygen atoms in total. The number of nitrogens with two attached hydrogens (primary N) is 1. The van der Waals surface area contributed by atoms with E-state index in [4.69, 9.17) is 5.73 Å². The molecule has 1 aliphatic rings. The summed E-state index contributed by atoms with van der Waals surface area (Å²) in [5, 5.41) is 14.7. The fourth-order valence-corrected chi connectivity index (χ4v) is 2.93. The lowest BCUT2D eigenvalue weighted by molar-refractivity contribution is -0.130. The normalized spacial score (nSPS) is 14.7. The first kappa shape index (κ1) is 17.9. The lowest BCUT2D eigenvalue weighted by Crippen LogP contribution is -2.35. The number of anilines is 1. The van der Waals surface area contributed by atoms with E-state index < -0.39 is 12.0 Å². The average molecular weight is 358 g/mol. The number of amides is 2. The van der Waals surface area contributed by atoms with E-state index in [1.165, 1.54) is 4.90 Å². The highest BCUT2D eigenvalue weighted by Gasteiger charge is 2.25. The van der Waals surface area contributed by atoms with Gasteiger partial charge in [0.2, 0.25) is 5.91 Å². The number of hydrogen-bond acceptors (Lipinski definition) is 6. The predicted octanol–water partition coefficient (Wildman–Crippen LogP) is -0.0911. The molecule has 0 saturated carbocycles. The fraction of sp³-hybridized carbons (Fsp3) is 0.412. The highest BCUT2D eigenvalue weighted by molar-refractivity contribution is 5.97. The Morgan fingerprint density at radius 1 is 1.38 bits per heavy atom. The summed E-state index contributed by atoms with van der Waals surface area (Å²) in [6.45, 7) is 1.68. The molecule has 0 aromatic carbocycles. The van der Waals surface area contributed by atoms with Crippen molar-refractivity contribution in [3.63, 3.8) is 0 Å². The molecule has 2 aromatic rings. The summed E-state index contributed by atoms with van der Waals surface area (Å²) in [5.74, 6) is -0.146. The van der Waals surface area contributed by atoms with Gasteiger partial charge in [0.05, 0.1) is 36.5 Å². The summed E-state index contributed by atoms with van der Waals surface area (Å²) in [5.41, 5.74) is 7.16. The van der Waals surface area contributed by atoms with E-state index in [0.717, 1.165) is 5.69 Å². The van der Waals surface area contributed by atoms with Crippen molar-refractivity contribution in [3.8, 4) is 0 Å². The van der Waals surface area contributed by atoms with Crippen LogP contribution in [0.15, 0.2) is 24.4 Å². The van der Waals surface area contributed by atoms with Gasteiger partial charge in [-0.15, -0.1) is 0 Å². The molecule has 9 heteroatoms. The molecule has 0 radical (unpaired) electrons. The number of aromatic nitrogens is 3. The number of carbonyl (C=O) groups excluding carboxylic acids is 2.